The average Bonchev–Trinajstić information content (AvgIpc) is 3.10. The Morgan fingerprint density at radius 1 is 1.06 bits per heavy atom. The Morgan fingerprint density at radius 3 is 2.41 bits per heavy atom. The minimum Gasteiger partial charge on any atom is -0.423 e. The maximum Gasteiger partial charge on any atom is 0.343 e. The number of pyridine rings is 1. The first-order valence-corrected chi connectivity index (χ1v) is 10.9. The highest BCUT2D eigenvalue weighted by atomic mass is 16.6. The van der Waals surface area contributed by atoms with Gasteiger partial charge in [-0.15, -0.1) is 0 Å². The lowest BCUT2D eigenvalue weighted by atomic mass is 10.1. The van der Waals surface area contributed by atoms with Gasteiger partial charge in [-0.1, -0.05) is 6.07 Å². The SMILES string of the molecule is Cc1ccn2c(NC(C)(C)C)c(-c3ccc(OC(=O)c4ccc(C)c([N+](=O)[O-])c4)cc3)nc2c1. The summed E-state index contributed by atoms with van der Waals surface area (Å²) < 4.78 is 7.47. The number of nitrogens with one attached hydrogen (secondary N) is 1. The molecule has 0 fully saturated rings. The summed E-state index contributed by atoms with van der Waals surface area (Å²) in [5, 5.41) is 14.7. The molecule has 2 aromatic carbocycles. The molecule has 0 atom stereocenters. The summed E-state index contributed by atoms with van der Waals surface area (Å²) >= 11 is 0. The highest BCUT2D eigenvalue weighted by molar-refractivity contribution is 5.92. The second-order valence-corrected chi connectivity index (χ2v) is 9.29. The first kappa shape index (κ1) is 23.0. The number of aromatic nitrogens is 2. The monoisotopic (exact) mass is 458 g/mol. The van der Waals surface area contributed by atoms with E-state index in [-0.39, 0.29) is 16.8 Å². The topological polar surface area (TPSA) is 98.8 Å². The van der Waals surface area contributed by atoms with Gasteiger partial charge in [-0.05, 0) is 82.6 Å². The van der Waals surface area contributed by atoms with E-state index < -0.39 is 10.9 Å². The van der Waals surface area contributed by atoms with Crippen LogP contribution < -0.4 is 10.1 Å². The zero-order valence-corrected chi connectivity index (χ0v) is 19.7. The Balaban J connectivity index is 1.63. The van der Waals surface area contributed by atoms with Crippen molar-refractivity contribution < 1.29 is 14.5 Å². The molecule has 0 saturated heterocycles. The van der Waals surface area contributed by atoms with E-state index in [1.807, 2.05) is 41.8 Å². The van der Waals surface area contributed by atoms with Crippen LogP contribution in [0.3, 0.4) is 0 Å². The minimum absolute atomic E-state index is 0.119. The van der Waals surface area contributed by atoms with Gasteiger partial charge in [0.2, 0.25) is 0 Å². The van der Waals surface area contributed by atoms with Gasteiger partial charge >= 0.3 is 5.97 Å². The Hall–Kier alpha value is -4.20. The summed E-state index contributed by atoms with van der Waals surface area (Å²) in [6, 6.07) is 15.4. The van der Waals surface area contributed by atoms with Crippen LogP contribution in [0.1, 0.15) is 42.3 Å². The van der Waals surface area contributed by atoms with Gasteiger partial charge in [0.1, 0.15) is 22.9 Å². The van der Waals surface area contributed by atoms with Crippen molar-refractivity contribution in [3.8, 4) is 17.0 Å². The van der Waals surface area contributed by atoms with Gasteiger partial charge in [-0.25, -0.2) is 9.78 Å². The highest BCUT2D eigenvalue weighted by Crippen LogP contribution is 2.32. The first-order chi connectivity index (χ1) is 16.0. The number of benzene rings is 2. The van der Waals surface area contributed by atoms with Crippen molar-refractivity contribution in [3.05, 3.63) is 87.6 Å². The van der Waals surface area contributed by atoms with Crippen LogP contribution in [0, 0.1) is 24.0 Å². The molecule has 0 spiro atoms. The van der Waals surface area contributed by atoms with Crippen LogP contribution in [0.2, 0.25) is 0 Å². The van der Waals surface area contributed by atoms with Gasteiger partial charge in [-0.2, -0.15) is 0 Å². The van der Waals surface area contributed by atoms with E-state index in [4.69, 9.17) is 9.72 Å². The zero-order chi connectivity index (χ0) is 24.6. The lowest BCUT2D eigenvalue weighted by Gasteiger charge is -2.22. The first-order valence-electron chi connectivity index (χ1n) is 10.9. The number of ether oxygens (including phenoxy) is 1. The standard InChI is InChI=1S/C26H26N4O4/c1-16-12-13-29-22(14-16)27-23(24(29)28-26(3,4)5)18-8-10-20(11-9-18)34-25(31)19-7-6-17(2)21(15-19)30(32)33/h6-15,28H,1-5H3. The van der Waals surface area contributed by atoms with E-state index in [9.17, 15) is 14.9 Å². The number of carbonyl (C=O) groups excluding carboxylic acids is 1. The fourth-order valence-electron chi connectivity index (χ4n) is 3.60. The summed E-state index contributed by atoms with van der Waals surface area (Å²) in [6.07, 6.45) is 1.99. The van der Waals surface area contributed by atoms with Crippen LogP contribution in [-0.2, 0) is 0 Å². The third kappa shape index (κ3) is 4.76. The molecule has 0 saturated carbocycles. The lowest BCUT2D eigenvalue weighted by molar-refractivity contribution is -0.385. The van der Waals surface area contributed by atoms with Crippen molar-refractivity contribution in [3.63, 3.8) is 0 Å². The lowest BCUT2D eigenvalue weighted by Crippen LogP contribution is -2.27. The average molecular weight is 459 g/mol. The van der Waals surface area contributed by atoms with Gasteiger partial charge in [0, 0.05) is 28.9 Å². The molecular weight excluding hydrogens is 432 g/mol. The van der Waals surface area contributed by atoms with E-state index >= 15 is 0 Å². The molecule has 0 aliphatic rings. The maximum atomic E-state index is 12.5. The molecule has 0 bridgehead atoms. The molecule has 4 rings (SSSR count). The number of rotatable bonds is 5. The fourth-order valence-corrected chi connectivity index (χ4v) is 3.60. The number of carbonyl (C=O) groups is 1. The number of hydrogen-bond acceptors (Lipinski definition) is 6. The van der Waals surface area contributed by atoms with Crippen LogP contribution >= 0.6 is 0 Å². The third-order valence-electron chi connectivity index (χ3n) is 5.25. The van der Waals surface area contributed by atoms with E-state index in [2.05, 4.69) is 26.1 Å². The number of fused-ring (bicyclic) bond motifs is 1. The van der Waals surface area contributed by atoms with Gasteiger partial charge < -0.3 is 10.1 Å². The predicted molar refractivity (Wildman–Crippen MR) is 132 cm³/mol. The van der Waals surface area contributed by atoms with Crippen LogP contribution in [-0.4, -0.2) is 25.8 Å². The molecule has 1 N–H and O–H groups in total. The molecule has 0 aliphatic carbocycles. The summed E-state index contributed by atoms with van der Waals surface area (Å²) in [6.45, 7) is 9.90. The largest absolute Gasteiger partial charge is 0.423 e. The van der Waals surface area contributed by atoms with Crippen LogP contribution in [0.5, 0.6) is 5.75 Å². The highest BCUT2D eigenvalue weighted by Gasteiger charge is 2.20. The smallest absolute Gasteiger partial charge is 0.343 e. The molecule has 0 unspecified atom stereocenters. The molecule has 0 amide bonds. The minimum atomic E-state index is -0.658. The molecule has 2 heterocycles. The van der Waals surface area contributed by atoms with Crippen LogP contribution in [0.4, 0.5) is 11.5 Å². The number of anilines is 1. The summed E-state index contributed by atoms with van der Waals surface area (Å²) in [4.78, 5) is 28.0. The van der Waals surface area contributed by atoms with E-state index in [1.165, 1.54) is 18.2 Å². The Morgan fingerprint density at radius 2 is 1.76 bits per heavy atom. The predicted octanol–water partition coefficient (Wildman–Crippen LogP) is 5.96. The molecular formula is C26H26N4O4. The molecule has 8 heteroatoms. The summed E-state index contributed by atoms with van der Waals surface area (Å²) in [5.41, 5.74) is 3.89. The maximum absolute atomic E-state index is 12.5. The number of nitro benzene ring substituents is 1. The van der Waals surface area contributed by atoms with Gasteiger partial charge in [0.15, 0.2) is 0 Å². The van der Waals surface area contributed by atoms with Gasteiger partial charge in [0.05, 0.1) is 10.5 Å². The summed E-state index contributed by atoms with van der Waals surface area (Å²) in [5.74, 6) is 0.551. The van der Waals surface area contributed by atoms with Crippen molar-refractivity contribution in [2.75, 3.05) is 5.32 Å². The van der Waals surface area contributed by atoms with Gasteiger partial charge in [0.25, 0.3) is 5.69 Å². The van der Waals surface area contributed by atoms with E-state index in [1.54, 1.807) is 19.1 Å². The normalized spacial score (nSPS) is 11.4. The summed E-state index contributed by atoms with van der Waals surface area (Å²) in [7, 11) is 0. The number of aryl methyl sites for hydroxylation is 2. The van der Waals surface area contributed by atoms with Crippen LogP contribution in [0.15, 0.2) is 60.8 Å². The van der Waals surface area contributed by atoms with Crippen molar-refractivity contribution >= 4 is 23.1 Å². The van der Waals surface area contributed by atoms with Crippen molar-refractivity contribution in [2.45, 2.75) is 40.2 Å². The molecule has 8 nitrogen and oxygen atoms in total. The molecule has 0 aliphatic heterocycles. The second-order valence-electron chi connectivity index (χ2n) is 9.29. The van der Waals surface area contributed by atoms with Crippen LogP contribution in [0.25, 0.3) is 16.9 Å². The Bertz CT molecular complexity index is 1400. The molecule has 4 aromatic rings. The van der Waals surface area contributed by atoms with Crippen molar-refractivity contribution in [1.29, 1.82) is 0 Å². The number of esters is 1. The molecule has 174 valence electrons. The van der Waals surface area contributed by atoms with Gasteiger partial charge in [-0.3, -0.25) is 14.5 Å². The van der Waals surface area contributed by atoms with E-state index in [0.29, 0.717) is 11.3 Å². The fraction of sp³-hybridized carbons (Fsp3) is 0.231. The van der Waals surface area contributed by atoms with E-state index in [0.717, 1.165) is 28.3 Å². The number of nitro groups is 1. The number of hydrogen-bond donors (Lipinski definition) is 1. The van der Waals surface area contributed by atoms with Crippen molar-refractivity contribution in [2.24, 2.45) is 0 Å². The number of imidazole rings is 1. The molecule has 34 heavy (non-hydrogen) atoms. The molecule has 2 aromatic heterocycles. The quantitative estimate of drug-likeness (QED) is 0.172. The Kier molecular flexibility index (Phi) is 5.83. The number of nitrogens with zero attached hydrogens (tertiary/aromatic N) is 3. The van der Waals surface area contributed by atoms with Crippen molar-refractivity contribution in [1.82, 2.24) is 9.38 Å². The molecule has 0 radical (unpaired) electrons. The third-order valence-corrected chi connectivity index (χ3v) is 5.25. The Labute approximate surface area is 197 Å². The zero-order valence-electron chi connectivity index (χ0n) is 19.7. The second kappa shape index (κ2) is 8.62.